The summed E-state index contributed by atoms with van der Waals surface area (Å²) in [4.78, 5) is 0. The monoisotopic (exact) mass is 324 g/mol. The molecule has 0 aliphatic carbocycles. The van der Waals surface area contributed by atoms with Gasteiger partial charge in [-0.05, 0) is 49.2 Å². The summed E-state index contributed by atoms with van der Waals surface area (Å²) in [5.74, 6) is 1.57. The van der Waals surface area contributed by atoms with Crippen LogP contribution in [0.3, 0.4) is 0 Å². The van der Waals surface area contributed by atoms with Gasteiger partial charge in [-0.3, -0.25) is 4.68 Å². The van der Waals surface area contributed by atoms with Crippen molar-refractivity contribution in [3.63, 3.8) is 0 Å². The van der Waals surface area contributed by atoms with Gasteiger partial charge in [-0.1, -0.05) is 11.2 Å². The Morgan fingerprint density at radius 2 is 2.08 bits per heavy atom. The van der Waals surface area contributed by atoms with Crippen LogP contribution in [0.4, 0.5) is 0 Å². The van der Waals surface area contributed by atoms with Crippen molar-refractivity contribution >= 4 is 0 Å². The average molecular weight is 324 g/mol. The van der Waals surface area contributed by atoms with Crippen molar-refractivity contribution in [3.8, 4) is 17.0 Å². The molecule has 0 saturated carbocycles. The van der Waals surface area contributed by atoms with E-state index in [1.807, 2.05) is 25.4 Å². The first-order chi connectivity index (χ1) is 11.8. The summed E-state index contributed by atoms with van der Waals surface area (Å²) in [6, 6.07) is 8.23. The average Bonchev–Trinajstić information content (AvgIpc) is 3.16. The maximum atomic E-state index is 5.88. The normalized spacial score (nSPS) is 14.2. The molecule has 1 aromatic carbocycles. The van der Waals surface area contributed by atoms with Crippen LogP contribution in [0.1, 0.15) is 16.9 Å². The van der Waals surface area contributed by atoms with Crippen LogP contribution in [0.25, 0.3) is 11.3 Å². The fourth-order valence-electron chi connectivity index (χ4n) is 2.96. The molecular formula is C18H20N4O2. The van der Waals surface area contributed by atoms with E-state index >= 15 is 0 Å². The fourth-order valence-corrected chi connectivity index (χ4v) is 2.96. The van der Waals surface area contributed by atoms with Crippen LogP contribution >= 0.6 is 0 Å². The molecule has 0 atom stereocenters. The molecule has 0 saturated heterocycles. The van der Waals surface area contributed by atoms with Crippen molar-refractivity contribution in [3.05, 3.63) is 53.5 Å². The number of ether oxygens (including phenoxy) is 1. The highest BCUT2D eigenvalue weighted by Gasteiger charge is 2.11. The summed E-state index contributed by atoms with van der Waals surface area (Å²) in [7, 11) is 1.88. The number of fused-ring (bicyclic) bond motifs is 1. The van der Waals surface area contributed by atoms with Gasteiger partial charge < -0.3 is 14.6 Å². The first kappa shape index (κ1) is 15.0. The summed E-state index contributed by atoms with van der Waals surface area (Å²) < 4.78 is 13.0. The van der Waals surface area contributed by atoms with E-state index in [0.717, 1.165) is 42.9 Å². The Labute approximate surface area is 140 Å². The molecule has 2 aromatic heterocycles. The van der Waals surface area contributed by atoms with Crippen LogP contribution < -0.4 is 10.1 Å². The molecule has 3 aromatic rings. The van der Waals surface area contributed by atoms with Crippen molar-refractivity contribution < 1.29 is 9.26 Å². The van der Waals surface area contributed by atoms with Gasteiger partial charge in [0.15, 0.2) is 5.76 Å². The molecule has 1 N–H and O–H groups in total. The first-order valence-corrected chi connectivity index (χ1v) is 8.18. The number of nitrogens with zero attached hydrogens (tertiary/aromatic N) is 3. The Balaban J connectivity index is 1.44. The molecule has 124 valence electrons. The quantitative estimate of drug-likeness (QED) is 0.798. The second kappa shape index (κ2) is 6.49. The van der Waals surface area contributed by atoms with E-state index in [-0.39, 0.29) is 0 Å². The van der Waals surface area contributed by atoms with E-state index in [2.05, 4.69) is 27.7 Å². The molecule has 0 bridgehead atoms. The lowest BCUT2D eigenvalue weighted by molar-refractivity contribution is 0.249. The van der Waals surface area contributed by atoms with Gasteiger partial charge in [0, 0.05) is 24.9 Å². The largest absolute Gasteiger partial charge is 0.486 e. The molecule has 3 heterocycles. The molecular weight excluding hydrogens is 304 g/mol. The predicted molar refractivity (Wildman–Crippen MR) is 89.8 cm³/mol. The lowest BCUT2D eigenvalue weighted by atomic mass is 10.0. The molecule has 0 unspecified atom stereocenters. The molecule has 1 aliphatic rings. The zero-order valence-electron chi connectivity index (χ0n) is 13.7. The minimum atomic E-state index is 0.365. The van der Waals surface area contributed by atoms with E-state index in [0.29, 0.717) is 12.4 Å². The van der Waals surface area contributed by atoms with Crippen molar-refractivity contribution in [2.24, 2.45) is 7.05 Å². The number of aryl methyl sites for hydroxylation is 1. The van der Waals surface area contributed by atoms with E-state index in [9.17, 15) is 0 Å². The van der Waals surface area contributed by atoms with Gasteiger partial charge in [-0.25, -0.2) is 0 Å². The van der Waals surface area contributed by atoms with Crippen molar-refractivity contribution in [2.75, 3.05) is 13.1 Å². The summed E-state index contributed by atoms with van der Waals surface area (Å²) in [6.45, 7) is 2.43. The predicted octanol–water partition coefficient (Wildman–Crippen LogP) is 2.34. The molecule has 24 heavy (non-hydrogen) atoms. The fraction of sp³-hybridized carbons (Fsp3) is 0.333. The Bertz CT molecular complexity index is 837. The summed E-state index contributed by atoms with van der Waals surface area (Å²) >= 11 is 0. The minimum absolute atomic E-state index is 0.365. The van der Waals surface area contributed by atoms with Crippen molar-refractivity contribution in [1.29, 1.82) is 0 Å². The van der Waals surface area contributed by atoms with Gasteiger partial charge in [0.25, 0.3) is 0 Å². The van der Waals surface area contributed by atoms with Gasteiger partial charge in [0.1, 0.15) is 18.1 Å². The third kappa shape index (κ3) is 3.19. The lowest BCUT2D eigenvalue weighted by Gasteiger charge is -2.09. The van der Waals surface area contributed by atoms with E-state index < -0.39 is 0 Å². The Morgan fingerprint density at radius 1 is 1.21 bits per heavy atom. The third-order valence-electron chi connectivity index (χ3n) is 4.26. The number of nitrogens with one attached hydrogen (secondary N) is 1. The summed E-state index contributed by atoms with van der Waals surface area (Å²) in [6.07, 6.45) is 5.79. The van der Waals surface area contributed by atoms with Crippen LogP contribution in [-0.4, -0.2) is 28.0 Å². The highest BCUT2D eigenvalue weighted by Crippen LogP contribution is 2.22. The van der Waals surface area contributed by atoms with Crippen molar-refractivity contribution in [1.82, 2.24) is 20.3 Å². The van der Waals surface area contributed by atoms with E-state index in [1.165, 1.54) is 11.1 Å². The van der Waals surface area contributed by atoms with E-state index in [4.69, 9.17) is 9.26 Å². The van der Waals surface area contributed by atoms with E-state index in [1.54, 1.807) is 10.9 Å². The number of hydrogen-bond donors (Lipinski definition) is 1. The van der Waals surface area contributed by atoms with Gasteiger partial charge in [-0.2, -0.15) is 5.10 Å². The van der Waals surface area contributed by atoms with Gasteiger partial charge in [0.2, 0.25) is 0 Å². The Morgan fingerprint density at radius 3 is 2.92 bits per heavy atom. The second-order valence-corrected chi connectivity index (χ2v) is 6.05. The lowest BCUT2D eigenvalue weighted by Crippen LogP contribution is -2.16. The number of rotatable bonds is 4. The highest BCUT2D eigenvalue weighted by molar-refractivity contribution is 5.56. The Hall–Kier alpha value is -2.60. The van der Waals surface area contributed by atoms with Crippen LogP contribution in [-0.2, 0) is 26.5 Å². The topological polar surface area (TPSA) is 65.1 Å². The standard InChI is InChI=1S/C18H20N4O2/c1-22-11-15(10-20-22)18-9-17(24-21-18)12-23-16-3-2-13-4-6-19-7-5-14(13)8-16/h2-3,8-11,19H,4-7,12H2,1H3. The van der Waals surface area contributed by atoms with Crippen LogP contribution in [0, 0.1) is 0 Å². The summed E-state index contributed by atoms with van der Waals surface area (Å²) in [5.41, 5.74) is 4.48. The third-order valence-corrected chi connectivity index (χ3v) is 4.26. The van der Waals surface area contributed by atoms with Crippen LogP contribution in [0.15, 0.2) is 41.2 Å². The van der Waals surface area contributed by atoms with Gasteiger partial charge in [0.05, 0.1) is 6.20 Å². The minimum Gasteiger partial charge on any atom is -0.486 e. The zero-order valence-corrected chi connectivity index (χ0v) is 13.7. The molecule has 0 fully saturated rings. The SMILES string of the molecule is Cn1cc(-c2cc(COc3ccc4c(c3)CCNCC4)on2)cn1. The maximum Gasteiger partial charge on any atom is 0.174 e. The zero-order chi connectivity index (χ0) is 16.4. The highest BCUT2D eigenvalue weighted by atomic mass is 16.5. The Kier molecular flexibility index (Phi) is 4.04. The number of aromatic nitrogens is 3. The molecule has 0 spiro atoms. The summed E-state index contributed by atoms with van der Waals surface area (Å²) in [5, 5.41) is 11.6. The van der Waals surface area contributed by atoms with Crippen LogP contribution in [0.2, 0.25) is 0 Å². The first-order valence-electron chi connectivity index (χ1n) is 8.18. The molecule has 6 nitrogen and oxygen atoms in total. The second-order valence-electron chi connectivity index (χ2n) is 6.05. The maximum absolute atomic E-state index is 5.88. The number of benzene rings is 1. The van der Waals surface area contributed by atoms with Gasteiger partial charge in [-0.15, -0.1) is 0 Å². The molecule has 6 heteroatoms. The number of hydrogen-bond acceptors (Lipinski definition) is 5. The van der Waals surface area contributed by atoms with Gasteiger partial charge >= 0.3 is 0 Å². The molecule has 0 amide bonds. The molecule has 0 radical (unpaired) electrons. The molecule has 1 aliphatic heterocycles. The van der Waals surface area contributed by atoms with Crippen LogP contribution in [0.5, 0.6) is 5.75 Å². The smallest absolute Gasteiger partial charge is 0.174 e. The molecule has 4 rings (SSSR count). The van der Waals surface area contributed by atoms with Crippen molar-refractivity contribution in [2.45, 2.75) is 19.4 Å².